The molecule has 0 bridgehead atoms. The Labute approximate surface area is 137 Å². The van der Waals surface area contributed by atoms with Crippen LogP contribution in [0.15, 0.2) is 33.5 Å². The van der Waals surface area contributed by atoms with Gasteiger partial charge < -0.3 is 14.7 Å². The number of furan rings is 1. The molecule has 4 aromatic heterocycles. The summed E-state index contributed by atoms with van der Waals surface area (Å²) >= 11 is 9.27. The van der Waals surface area contributed by atoms with E-state index in [1.807, 2.05) is 12.1 Å². The first-order valence-corrected chi connectivity index (χ1v) is 7.50. The average molecular weight is 380 g/mol. The van der Waals surface area contributed by atoms with Crippen LogP contribution < -0.4 is 5.32 Å². The second-order valence-electron chi connectivity index (χ2n) is 4.56. The number of hydrogen-bond donors (Lipinski definition) is 2. The summed E-state index contributed by atoms with van der Waals surface area (Å²) in [6, 6.07) is 3.87. The van der Waals surface area contributed by atoms with Crippen LogP contribution >= 0.6 is 27.5 Å². The van der Waals surface area contributed by atoms with Crippen molar-refractivity contribution in [3.05, 3.63) is 40.2 Å². The van der Waals surface area contributed by atoms with E-state index < -0.39 is 0 Å². The Hall–Kier alpha value is -2.19. The maximum atomic E-state index is 5.89. The van der Waals surface area contributed by atoms with Crippen LogP contribution in [0, 0.1) is 0 Å². The van der Waals surface area contributed by atoms with Gasteiger partial charge in [0.2, 0.25) is 11.0 Å². The zero-order valence-corrected chi connectivity index (χ0v) is 13.3. The number of aromatic amines is 1. The van der Waals surface area contributed by atoms with Crippen molar-refractivity contribution in [3.8, 4) is 0 Å². The minimum absolute atomic E-state index is 0.136. The number of hydrogen-bond acceptors (Lipinski definition) is 6. The molecular formula is C13H8BrClN6O. The van der Waals surface area contributed by atoms with Crippen LogP contribution in [0.25, 0.3) is 22.3 Å². The molecule has 4 aromatic rings. The first-order valence-electron chi connectivity index (χ1n) is 6.33. The molecule has 0 aromatic carbocycles. The molecule has 0 aliphatic heterocycles. The predicted molar refractivity (Wildman–Crippen MR) is 85.7 cm³/mol. The number of H-pyrrole nitrogens is 1. The molecule has 22 heavy (non-hydrogen) atoms. The summed E-state index contributed by atoms with van der Waals surface area (Å²) in [6.45, 7) is 0.440. The molecule has 9 heteroatoms. The number of imidazole rings is 1. The van der Waals surface area contributed by atoms with Gasteiger partial charge in [0.1, 0.15) is 11.3 Å². The topological polar surface area (TPSA) is 92.5 Å². The van der Waals surface area contributed by atoms with Crippen LogP contribution in [0.3, 0.4) is 0 Å². The fraction of sp³-hybridized carbons (Fsp3) is 0.0769. The van der Waals surface area contributed by atoms with Crippen molar-refractivity contribution in [3.63, 3.8) is 0 Å². The summed E-state index contributed by atoms with van der Waals surface area (Å²) in [6.07, 6.45) is 3.24. The molecule has 0 spiro atoms. The number of rotatable bonds is 3. The third kappa shape index (κ3) is 2.40. The average Bonchev–Trinajstić information content (AvgIpc) is 3.10. The van der Waals surface area contributed by atoms with E-state index in [0.717, 1.165) is 15.6 Å². The van der Waals surface area contributed by atoms with Gasteiger partial charge in [0.25, 0.3) is 0 Å². The van der Waals surface area contributed by atoms with E-state index in [9.17, 15) is 0 Å². The summed E-state index contributed by atoms with van der Waals surface area (Å²) in [5, 5.41) is 4.23. The van der Waals surface area contributed by atoms with Gasteiger partial charge in [-0.05, 0) is 39.7 Å². The van der Waals surface area contributed by atoms with Gasteiger partial charge in [-0.25, -0.2) is 9.97 Å². The highest BCUT2D eigenvalue weighted by Crippen LogP contribution is 2.23. The highest BCUT2D eigenvalue weighted by molar-refractivity contribution is 9.10. The molecular weight excluding hydrogens is 372 g/mol. The summed E-state index contributed by atoms with van der Waals surface area (Å²) in [5.41, 5.74) is 1.80. The first-order chi connectivity index (χ1) is 10.7. The summed E-state index contributed by atoms with van der Waals surface area (Å²) in [7, 11) is 0. The van der Waals surface area contributed by atoms with Crippen molar-refractivity contribution in [1.82, 2.24) is 24.9 Å². The van der Waals surface area contributed by atoms with Gasteiger partial charge in [0, 0.05) is 16.1 Å². The zero-order chi connectivity index (χ0) is 15.1. The zero-order valence-electron chi connectivity index (χ0n) is 11.0. The molecule has 0 saturated heterocycles. The largest absolute Gasteiger partial charge is 0.441 e. The van der Waals surface area contributed by atoms with Gasteiger partial charge in [-0.3, -0.25) is 0 Å². The van der Waals surface area contributed by atoms with Gasteiger partial charge in [-0.2, -0.15) is 9.97 Å². The SMILES string of the molecule is Clc1nc(NCc2cc3cc(Br)cnc3o2)c2[nH]cnc2n1. The molecule has 0 aliphatic carbocycles. The third-order valence-electron chi connectivity index (χ3n) is 3.08. The van der Waals surface area contributed by atoms with E-state index in [1.54, 1.807) is 12.5 Å². The fourth-order valence-electron chi connectivity index (χ4n) is 2.15. The Morgan fingerprint density at radius 2 is 2.18 bits per heavy atom. The molecule has 0 amide bonds. The smallest absolute Gasteiger partial charge is 0.226 e. The highest BCUT2D eigenvalue weighted by atomic mass is 79.9. The van der Waals surface area contributed by atoms with Crippen molar-refractivity contribution in [1.29, 1.82) is 0 Å². The van der Waals surface area contributed by atoms with E-state index in [2.05, 4.69) is 46.2 Å². The van der Waals surface area contributed by atoms with E-state index in [1.165, 1.54) is 0 Å². The van der Waals surface area contributed by atoms with Crippen LogP contribution in [-0.2, 0) is 6.54 Å². The number of aromatic nitrogens is 5. The Morgan fingerprint density at radius 1 is 1.27 bits per heavy atom. The molecule has 0 aliphatic rings. The molecule has 0 radical (unpaired) electrons. The quantitative estimate of drug-likeness (QED) is 0.529. The van der Waals surface area contributed by atoms with Crippen LogP contribution in [0.5, 0.6) is 0 Å². The van der Waals surface area contributed by atoms with Crippen molar-refractivity contribution in [2.24, 2.45) is 0 Å². The standard InChI is InChI=1S/C13H8BrClN6O/c14-7-1-6-2-8(22-12(6)17-3-7)4-16-10-9-11(19-5-18-9)21-13(15)20-10/h1-3,5H,4H2,(H2,16,18,19,20,21). The second kappa shape index (κ2) is 5.22. The molecule has 0 unspecified atom stereocenters. The summed E-state index contributed by atoms with van der Waals surface area (Å²) in [4.78, 5) is 19.5. The Bertz CT molecular complexity index is 981. The number of nitrogens with zero attached hydrogens (tertiary/aromatic N) is 4. The van der Waals surface area contributed by atoms with E-state index >= 15 is 0 Å². The second-order valence-corrected chi connectivity index (χ2v) is 5.81. The van der Waals surface area contributed by atoms with Crippen LogP contribution in [-0.4, -0.2) is 24.9 Å². The maximum Gasteiger partial charge on any atom is 0.226 e. The molecule has 0 fully saturated rings. The molecule has 7 nitrogen and oxygen atoms in total. The molecule has 110 valence electrons. The number of fused-ring (bicyclic) bond motifs is 2. The lowest BCUT2D eigenvalue weighted by atomic mass is 10.3. The lowest BCUT2D eigenvalue weighted by Crippen LogP contribution is -2.02. The number of halogens is 2. The van der Waals surface area contributed by atoms with Crippen molar-refractivity contribution in [2.45, 2.75) is 6.54 Å². The first kappa shape index (κ1) is 13.5. The van der Waals surface area contributed by atoms with Gasteiger partial charge >= 0.3 is 0 Å². The van der Waals surface area contributed by atoms with E-state index in [0.29, 0.717) is 29.2 Å². The Kier molecular flexibility index (Phi) is 3.20. The lowest BCUT2D eigenvalue weighted by molar-refractivity contribution is 0.549. The van der Waals surface area contributed by atoms with Crippen molar-refractivity contribution in [2.75, 3.05) is 5.32 Å². The maximum absolute atomic E-state index is 5.89. The predicted octanol–water partition coefficient (Wildman–Crippen LogP) is 3.52. The van der Waals surface area contributed by atoms with Gasteiger partial charge in [0.15, 0.2) is 11.5 Å². The normalized spacial score (nSPS) is 11.4. The summed E-state index contributed by atoms with van der Waals surface area (Å²) < 4.78 is 6.58. The number of pyridine rings is 1. The van der Waals surface area contributed by atoms with Crippen molar-refractivity contribution >= 4 is 55.6 Å². The minimum atomic E-state index is 0.136. The molecule has 2 N–H and O–H groups in total. The number of nitrogens with one attached hydrogen (secondary N) is 2. The summed E-state index contributed by atoms with van der Waals surface area (Å²) in [5.74, 6) is 1.31. The molecule has 0 saturated carbocycles. The Morgan fingerprint density at radius 3 is 3.09 bits per heavy atom. The number of anilines is 1. The lowest BCUT2D eigenvalue weighted by Gasteiger charge is -2.04. The van der Waals surface area contributed by atoms with E-state index in [-0.39, 0.29) is 5.28 Å². The van der Waals surface area contributed by atoms with Crippen LogP contribution in [0.4, 0.5) is 5.82 Å². The van der Waals surface area contributed by atoms with Gasteiger partial charge in [0.05, 0.1) is 12.9 Å². The molecule has 4 heterocycles. The molecule has 4 rings (SSSR count). The van der Waals surface area contributed by atoms with E-state index in [4.69, 9.17) is 16.0 Å². The monoisotopic (exact) mass is 378 g/mol. The van der Waals surface area contributed by atoms with Gasteiger partial charge in [-0.15, -0.1) is 0 Å². The molecule has 0 atom stereocenters. The van der Waals surface area contributed by atoms with Crippen molar-refractivity contribution < 1.29 is 4.42 Å². The Balaban J connectivity index is 1.63. The van der Waals surface area contributed by atoms with Gasteiger partial charge in [-0.1, -0.05) is 0 Å². The minimum Gasteiger partial charge on any atom is -0.441 e. The third-order valence-corrected chi connectivity index (χ3v) is 3.68. The van der Waals surface area contributed by atoms with Crippen LogP contribution in [0.1, 0.15) is 5.76 Å². The fourth-order valence-corrected chi connectivity index (χ4v) is 2.66. The highest BCUT2D eigenvalue weighted by Gasteiger charge is 2.10. The van der Waals surface area contributed by atoms with Crippen LogP contribution in [0.2, 0.25) is 5.28 Å².